The lowest BCUT2D eigenvalue weighted by molar-refractivity contribution is 0.475. The minimum absolute atomic E-state index is 0.306. The van der Waals surface area contributed by atoms with Crippen molar-refractivity contribution in [2.75, 3.05) is 0 Å². The Balaban J connectivity index is 2.32. The quantitative estimate of drug-likeness (QED) is 0.731. The van der Waals surface area contributed by atoms with Gasteiger partial charge < -0.3 is 5.11 Å². The molecule has 1 heteroatoms. The molecule has 1 aliphatic carbocycles. The van der Waals surface area contributed by atoms with E-state index in [4.69, 9.17) is 0 Å². The first-order valence-electron chi connectivity index (χ1n) is 5.12. The van der Waals surface area contributed by atoms with Gasteiger partial charge in [0.15, 0.2) is 0 Å². The monoisotopic (exact) mass is 198 g/mol. The van der Waals surface area contributed by atoms with Gasteiger partial charge in [0, 0.05) is 0 Å². The molecule has 0 aromatic heterocycles. The van der Waals surface area contributed by atoms with Gasteiger partial charge in [0.05, 0.1) is 0 Å². The standard InChI is InChI=1S/C14H14O/c1-11-3-2-4-12(6-5-11)13-7-9-14(15)10-8-13/h2-11,15H,1H3. The Kier molecular flexibility index (Phi) is 2.72. The van der Waals surface area contributed by atoms with E-state index in [0.29, 0.717) is 11.7 Å². The van der Waals surface area contributed by atoms with Gasteiger partial charge in [-0.1, -0.05) is 49.4 Å². The predicted molar refractivity (Wildman–Crippen MR) is 63.5 cm³/mol. The van der Waals surface area contributed by atoms with Crippen LogP contribution in [0.25, 0.3) is 5.57 Å². The van der Waals surface area contributed by atoms with E-state index < -0.39 is 0 Å². The number of hydrogen-bond acceptors (Lipinski definition) is 1. The summed E-state index contributed by atoms with van der Waals surface area (Å²) in [5.74, 6) is 0.789. The third kappa shape index (κ3) is 2.38. The molecular formula is C14H14O. The third-order valence-corrected chi connectivity index (χ3v) is 2.47. The van der Waals surface area contributed by atoms with Crippen molar-refractivity contribution in [1.82, 2.24) is 0 Å². The number of phenolic OH excluding ortho intramolecular Hbond substituents is 1. The molecule has 1 nitrogen and oxygen atoms in total. The molecule has 0 heterocycles. The summed E-state index contributed by atoms with van der Waals surface area (Å²) in [6, 6.07) is 7.27. The fourth-order valence-corrected chi connectivity index (χ4v) is 1.56. The molecule has 1 atom stereocenters. The Morgan fingerprint density at radius 3 is 2.53 bits per heavy atom. The first-order chi connectivity index (χ1) is 7.25. The maximum absolute atomic E-state index is 9.20. The number of rotatable bonds is 1. The van der Waals surface area contributed by atoms with E-state index in [0.717, 1.165) is 5.56 Å². The third-order valence-electron chi connectivity index (χ3n) is 2.47. The summed E-state index contributed by atoms with van der Waals surface area (Å²) in [6.07, 6.45) is 10.6. The Labute approximate surface area is 90.1 Å². The summed E-state index contributed by atoms with van der Waals surface area (Å²) in [5.41, 5.74) is 2.30. The molecule has 1 aromatic carbocycles. The van der Waals surface area contributed by atoms with Gasteiger partial charge in [0.2, 0.25) is 0 Å². The van der Waals surface area contributed by atoms with E-state index in [-0.39, 0.29) is 0 Å². The van der Waals surface area contributed by atoms with Crippen LogP contribution in [0.15, 0.2) is 54.6 Å². The largest absolute Gasteiger partial charge is 0.508 e. The fraction of sp³-hybridized carbons (Fsp3) is 0.143. The predicted octanol–water partition coefficient (Wildman–Crippen LogP) is 3.54. The van der Waals surface area contributed by atoms with Gasteiger partial charge in [0.1, 0.15) is 5.75 Å². The van der Waals surface area contributed by atoms with Crippen molar-refractivity contribution in [3.8, 4) is 5.75 Å². The number of aromatic hydroxyl groups is 1. The topological polar surface area (TPSA) is 20.2 Å². The molecular weight excluding hydrogens is 184 g/mol. The van der Waals surface area contributed by atoms with Crippen LogP contribution in [0.2, 0.25) is 0 Å². The lowest BCUT2D eigenvalue weighted by Gasteiger charge is -2.01. The molecule has 0 spiro atoms. The summed E-state index contributed by atoms with van der Waals surface area (Å²) in [5, 5.41) is 9.20. The van der Waals surface area contributed by atoms with E-state index in [1.54, 1.807) is 12.1 Å². The van der Waals surface area contributed by atoms with Gasteiger partial charge in [-0.25, -0.2) is 0 Å². The lowest BCUT2D eigenvalue weighted by atomic mass is 10.0. The average Bonchev–Trinajstić information content (AvgIpc) is 2.44. The molecule has 1 N–H and O–H groups in total. The molecule has 0 aliphatic heterocycles. The molecule has 0 radical (unpaired) electrons. The highest BCUT2D eigenvalue weighted by Crippen LogP contribution is 2.21. The molecule has 2 rings (SSSR count). The summed E-state index contributed by atoms with van der Waals surface area (Å²) in [7, 11) is 0. The van der Waals surface area contributed by atoms with Crippen molar-refractivity contribution in [3.63, 3.8) is 0 Å². The summed E-state index contributed by atoms with van der Waals surface area (Å²) in [6.45, 7) is 2.15. The minimum Gasteiger partial charge on any atom is -0.508 e. The average molecular weight is 198 g/mol. The van der Waals surface area contributed by atoms with Gasteiger partial charge in [-0.2, -0.15) is 0 Å². The van der Waals surface area contributed by atoms with E-state index in [1.807, 2.05) is 12.1 Å². The highest BCUT2D eigenvalue weighted by Gasteiger charge is 2.00. The van der Waals surface area contributed by atoms with Gasteiger partial charge in [-0.05, 0) is 29.2 Å². The molecule has 0 saturated carbocycles. The SMILES string of the molecule is CC1C=CC=C(c2ccc(O)cc2)C=C1. The Hall–Kier alpha value is -1.76. The van der Waals surface area contributed by atoms with E-state index in [1.165, 1.54) is 5.57 Å². The number of benzene rings is 1. The van der Waals surface area contributed by atoms with Crippen LogP contribution >= 0.6 is 0 Å². The molecule has 1 aliphatic rings. The van der Waals surface area contributed by atoms with Crippen LogP contribution in [-0.4, -0.2) is 5.11 Å². The van der Waals surface area contributed by atoms with Crippen molar-refractivity contribution in [1.29, 1.82) is 0 Å². The minimum atomic E-state index is 0.306. The smallest absolute Gasteiger partial charge is 0.115 e. The van der Waals surface area contributed by atoms with Crippen molar-refractivity contribution in [2.24, 2.45) is 5.92 Å². The maximum Gasteiger partial charge on any atom is 0.115 e. The van der Waals surface area contributed by atoms with E-state index in [2.05, 4.69) is 37.3 Å². The maximum atomic E-state index is 9.20. The summed E-state index contributed by atoms with van der Waals surface area (Å²) in [4.78, 5) is 0. The lowest BCUT2D eigenvalue weighted by Crippen LogP contribution is -1.81. The first kappa shape index (κ1) is 9.78. The van der Waals surface area contributed by atoms with Crippen LogP contribution in [0.1, 0.15) is 12.5 Å². The number of phenols is 1. The zero-order valence-electron chi connectivity index (χ0n) is 8.72. The van der Waals surface area contributed by atoms with Gasteiger partial charge >= 0.3 is 0 Å². The van der Waals surface area contributed by atoms with Crippen molar-refractivity contribution < 1.29 is 5.11 Å². The first-order valence-corrected chi connectivity index (χ1v) is 5.12. The van der Waals surface area contributed by atoms with E-state index in [9.17, 15) is 5.11 Å². The summed E-state index contributed by atoms with van der Waals surface area (Å²) >= 11 is 0. The molecule has 15 heavy (non-hydrogen) atoms. The molecule has 76 valence electrons. The number of allylic oxidation sites excluding steroid dienone is 6. The fourth-order valence-electron chi connectivity index (χ4n) is 1.56. The number of hydrogen-bond donors (Lipinski definition) is 1. The molecule has 0 amide bonds. The molecule has 1 aromatic rings. The Morgan fingerprint density at radius 1 is 1.07 bits per heavy atom. The van der Waals surface area contributed by atoms with Gasteiger partial charge in [-0.15, -0.1) is 0 Å². The normalized spacial score (nSPS) is 19.8. The van der Waals surface area contributed by atoms with Crippen LogP contribution in [0.4, 0.5) is 0 Å². The second kappa shape index (κ2) is 4.18. The molecule has 0 saturated heterocycles. The highest BCUT2D eigenvalue weighted by molar-refractivity contribution is 5.76. The van der Waals surface area contributed by atoms with Crippen molar-refractivity contribution in [3.05, 3.63) is 60.2 Å². The van der Waals surface area contributed by atoms with Crippen LogP contribution in [0.5, 0.6) is 5.75 Å². The second-order valence-corrected chi connectivity index (χ2v) is 3.77. The van der Waals surface area contributed by atoms with Crippen LogP contribution in [0, 0.1) is 5.92 Å². The zero-order chi connectivity index (χ0) is 10.7. The van der Waals surface area contributed by atoms with Crippen LogP contribution in [-0.2, 0) is 0 Å². The van der Waals surface area contributed by atoms with Gasteiger partial charge in [-0.3, -0.25) is 0 Å². The zero-order valence-corrected chi connectivity index (χ0v) is 8.72. The summed E-state index contributed by atoms with van der Waals surface area (Å²) < 4.78 is 0. The highest BCUT2D eigenvalue weighted by atomic mass is 16.3. The van der Waals surface area contributed by atoms with Crippen molar-refractivity contribution in [2.45, 2.75) is 6.92 Å². The Bertz CT molecular complexity index is 421. The van der Waals surface area contributed by atoms with Crippen molar-refractivity contribution >= 4 is 5.57 Å². The second-order valence-electron chi connectivity index (χ2n) is 3.77. The molecule has 0 bridgehead atoms. The van der Waals surface area contributed by atoms with E-state index >= 15 is 0 Å². The molecule has 1 unspecified atom stereocenters. The molecule has 0 fully saturated rings. The Morgan fingerprint density at radius 2 is 1.80 bits per heavy atom. The van der Waals surface area contributed by atoms with Crippen LogP contribution < -0.4 is 0 Å². The van der Waals surface area contributed by atoms with Crippen LogP contribution in [0.3, 0.4) is 0 Å². The van der Waals surface area contributed by atoms with Gasteiger partial charge in [0.25, 0.3) is 0 Å².